The van der Waals surface area contributed by atoms with E-state index in [2.05, 4.69) is 0 Å². The molecule has 1 aliphatic carbocycles. The van der Waals surface area contributed by atoms with Gasteiger partial charge in [-0.25, -0.2) is 0 Å². The number of hydrogen-bond acceptors (Lipinski definition) is 1. The van der Waals surface area contributed by atoms with Crippen LogP contribution in [0.25, 0.3) is 0 Å². The quantitative estimate of drug-likeness (QED) is 0.770. The van der Waals surface area contributed by atoms with Crippen LogP contribution < -0.4 is 0 Å². The lowest BCUT2D eigenvalue weighted by Crippen LogP contribution is -2.39. The summed E-state index contributed by atoms with van der Waals surface area (Å²) in [6, 6.07) is 7.99. The number of rotatable bonds is 4. The van der Waals surface area contributed by atoms with Crippen molar-refractivity contribution in [3.8, 4) is 0 Å². The van der Waals surface area contributed by atoms with Gasteiger partial charge in [0.2, 0.25) is 5.91 Å². The first-order valence-corrected chi connectivity index (χ1v) is 7.22. The van der Waals surface area contributed by atoms with Crippen LogP contribution in [0.4, 0.5) is 0 Å². The molecule has 0 spiro atoms. The van der Waals surface area contributed by atoms with Crippen molar-refractivity contribution in [2.75, 3.05) is 5.88 Å². The van der Waals surface area contributed by atoms with Crippen LogP contribution in [0.3, 0.4) is 0 Å². The molecule has 0 aliphatic heterocycles. The minimum Gasteiger partial charge on any atom is -0.334 e. The number of hydrogen-bond donors (Lipinski definition) is 0. The molecule has 98 valence electrons. The zero-order chi connectivity index (χ0) is 13.0. The Bertz CT molecular complexity index is 416. The topological polar surface area (TPSA) is 20.3 Å². The third-order valence-corrected chi connectivity index (χ3v) is 4.10. The Kier molecular flexibility index (Phi) is 4.90. The SMILES string of the molecule is O=C(CCl)N(Cc1ccccc1Cl)C1CCCC1. The van der Waals surface area contributed by atoms with Gasteiger partial charge in [0.15, 0.2) is 0 Å². The fourth-order valence-corrected chi connectivity index (χ4v) is 2.87. The molecule has 1 aliphatic rings. The van der Waals surface area contributed by atoms with Crippen LogP contribution in [-0.4, -0.2) is 22.7 Å². The first kappa shape index (κ1) is 13.7. The summed E-state index contributed by atoms with van der Waals surface area (Å²) < 4.78 is 0. The Morgan fingerprint density at radius 1 is 1.28 bits per heavy atom. The highest BCUT2D eigenvalue weighted by atomic mass is 35.5. The maximum absolute atomic E-state index is 12.0. The molecule has 0 unspecified atom stereocenters. The fourth-order valence-electron chi connectivity index (χ4n) is 2.52. The largest absolute Gasteiger partial charge is 0.334 e. The van der Waals surface area contributed by atoms with Crippen molar-refractivity contribution in [1.29, 1.82) is 0 Å². The number of amides is 1. The molecule has 1 fully saturated rings. The highest BCUT2D eigenvalue weighted by Crippen LogP contribution is 2.27. The van der Waals surface area contributed by atoms with E-state index in [-0.39, 0.29) is 11.8 Å². The van der Waals surface area contributed by atoms with Gasteiger partial charge in [-0.1, -0.05) is 42.6 Å². The molecule has 0 N–H and O–H groups in total. The second-order valence-electron chi connectivity index (χ2n) is 4.68. The molecule has 18 heavy (non-hydrogen) atoms. The van der Waals surface area contributed by atoms with Gasteiger partial charge in [0.05, 0.1) is 0 Å². The van der Waals surface area contributed by atoms with E-state index >= 15 is 0 Å². The summed E-state index contributed by atoms with van der Waals surface area (Å²) >= 11 is 11.9. The number of carbonyl (C=O) groups is 1. The summed E-state index contributed by atoms with van der Waals surface area (Å²) in [6.07, 6.45) is 4.54. The average molecular weight is 286 g/mol. The molecule has 0 aromatic heterocycles. The van der Waals surface area contributed by atoms with Crippen molar-refractivity contribution >= 4 is 29.1 Å². The standard InChI is InChI=1S/C14H17Cl2NO/c15-9-14(18)17(12-6-2-3-7-12)10-11-5-1-4-8-13(11)16/h1,4-5,8,12H,2-3,6-7,9-10H2. The third-order valence-electron chi connectivity index (χ3n) is 3.50. The van der Waals surface area contributed by atoms with Gasteiger partial charge in [0.25, 0.3) is 0 Å². The van der Waals surface area contributed by atoms with Gasteiger partial charge < -0.3 is 4.90 Å². The van der Waals surface area contributed by atoms with Crippen molar-refractivity contribution in [2.24, 2.45) is 0 Å². The second-order valence-corrected chi connectivity index (χ2v) is 5.36. The molecule has 0 heterocycles. The van der Waals surface area contributed by atoms with Crippen LogP contribution in [-0.2, 0) is 11.3 Å². The Morgan fingerprint density at radius 3 is 2.56 bits per heavy atom. The number of halogens is 2. The van der Waals surface area contributed by atoms with E-state index in [1.54, 1.807) is 0 Å². The van der Waals surface area contributed by atoms with Crippen molar-refractivity contribution in [2.45, 2.75) is 38.3 Å². The molecular weight excluding hydrogens is 269 g/mol. The molecule has 1 saturated carbocycles. The Hall–Kier alpha value is -0.730. The van der Waals surface area contributed by atoms with E-state index in [9.17, 15) is 4.79 Å². The average Bonchev–Trinajstić information content (AvgIpc) is 2.90. The third kappa shape index (κ3) is 3.18. The van der Waals surface area contributed by atoms with Gasteiger partial charge in [-0.05, 0) is 24.5 Å². The highest BCUT2D eigenvalue weighted by molar-refractivity contribution is 6.31. The van der Waals surface area contributed by atoms with E-state index in [1.807, 2.05) is 29.2 Å². The van der Waals surface area contributed by atoms with Crippen LogP contribution in [0, 0.1) is 0 Å². The molecule has 0 radical (unpaired) electrons. The molecule has 1 amide bonds. The predicted molar refractivity (Wildman–Crippen MR) is 75.0 cm³/mol. The zero-order valence-electron chi connectivity index (χ0n) is 10.2. The molecule has 1 aromatic rings. The molecule has 0 saturated heterocycles. The molecular formula is C14H17Cl2NO. The maximum Gasteiger partial charge on any atom is 0.238 e. The van der Waals surface area contributed by atoms with E-state index in [1.165, 1.54) is 12.8 Å². The fraction of sp³-hybridized carbons (Fsp3) is 0.500. The zero-order valence-corrected chi connectivity index (χ0v) is 11.8. The van der Waals surface area contributed by atoms with Crippen molar-refractivity contribution in [3.63, 3.8) is 0 Å². The molecule has 0 atom stereocenters. The van der Waals surface area contributed by atoms with Gasteiger partial charge in [-0.15, -0.1) is 11.6 Å². The van der Waals surface area contributed by atoms with Crippen LogP contribution in [0.15, 0.2) is 24.3 Å². The lowest BCUT2D eigenvalue weighted by Gasteiger charge is -2.28. The minimum absolute atomic E-state index is 0.00323. The Morgan fingerprint density at radius 2 is 1.94 bits per heavy atom. The van der Waals surface area contributed by atoms with Gasteiger partial charge >= 0.3 is 0 Å². The number of alkyl halides is 1. The van der Waals surface area contributed by atoms with E-state index in [4.69, 9.17) is 23.2 Å². The summed E-state index contributed by atoms with van der Waals surface area (Å²) in [5, 5.41) is 0.711. The predicted octanol–water partition coefficient (Wildman–Crippen LogP) is 3.85. The van der Waals surface area contributed by atoms with Crippen molar-refractivity contribution in [3.05, 3.63) is 34.9 Å². The normalized spacial score (nSPS) is 15.9. The highest BCUT2D eigenvalue weighted by Gasteiger charge is 2.26. The summed E-state index contributed by atoms with van der Waals surface area (Å²) in [7, 11) is 0. The smallest absolute Gasteiger partial charge is 0.238 e. The van der Waals surface area contributed by atoms with E-state index in [0.717, 1.165) is 18.4 Å². The lowest BCUT2D eigenvalue weighted by atomic mass is 10.1. The maximum atomic E-state index is 12.0. The van der Waals surface area contributed by atoms with E-state index in [0.29, 0.717) is 17.6 Å². The van der Waals surface area contributed by atoms with Gasteiger partial charge in [0.1, 0.15) is 5.88 Å². The first-order chi connectivity index (χ1) is 8.72. The van der Waals surface area contributed by atoms with Gasteiger partial charge in [-0.2, -0.15) is 0 Å². The summed E-state index contributed by atoms with van der Waals surface area (Å²) in [6.45, 7) is 0.565. The van der Waals surface area contributed by atoms with Crippen molar-refractivity contribution < 1.29 is 4.79 Å². The van der Waals surface area contributed by atoms with Crippen LogP contribution in [0.2, 0.25) is 5.02 Å². The van der Waals surface area contributed by atoms with Crippen LogP contribution in [0.5, 0.6) is 0 Å². The second kappa shape index (κ2) is 6.44. The van der Waals surface area contributed by atoms with Crippen LogP contribution >= 0.6 is 23.2 Å². The number of carbonyl (C=O) groups excluding carboxylic acids is 1. The summed E-state index contributed by atoms with van der Waals surface area (Å²) in [5.41, 5.74) is 0.990. The Labute approximate surface area is 118 Å². The minimum atomic E-state index is 0.00323. The summed E-state index contributed by atoms with van der Waals surface area (Å²) in [5.74, 6) is 0.0458. The first-order valence-electron chi connectivity index (χ1n) is 6.31. The van der Waals surface area contributed by atoms with Gasteiger partial charge in [-0.3, -0.25) is 4.79 Å². The van der Waals surface area contributed by atoms with Gasteiger partial charge in [0, 0.05) is 17.6 Å². The molecule has 2 nitrogen and oxygen atoms in total. The molecule has 1 aromatic carbocycles. The van der Waals surface area contributed by atoms with E-state index < -0.39 is 0 Å². The molecule has 0 bridgehead atoms. The monoisotopic (exact) mass is 285 g/mol. The van der Waals surface area contributed by atoms with Crippen molar-refractivity contribution in [1.82, 2.24) is 4.90 Å². The number of nitrogens with zero attached hydrogens (tertiary/aromatic N) is 1. The van der Waals surface area contributed by atoms with Crippen LogP contribution in [0.1, 0.15) is 31.2 Å². The summed E-state index contributed by atoms with van der Waals surface area (Å²) in [4.78, 5) is 13.9. The lowest BCUT2D eigenvalue weighted by molar-refractivity contribution is -0.131. The number of benzene rings is 1. The Balaban J connectivity index is 2.14. The molecule has 2 rings (SSSR count). The molecule has 4 heteroatoms.